The topological polar surface area (TPSA) is 46.5 Å². The van der Waals surface area contributed by atoms with Gasteiger partial charge in [-0.25, -0.2) is 4.79 Å². The second-order valence-electron chi connectivity index (χ2n) is 4.14. The molecule has 0 heterocycles. The summed E-state index contributed by atoms with van der Waals surface area (Å²) in [6.45, 7) is 0.161. The zero-order valence-electron chi connectivity index (χ0n) is 10.7. The molecule has 0 radical (unpaired) electrons. The molecule has 0 amide bonds. The maximum absolute atomic E-state index is 11.9. The minimum absolute atomic E-state index is 0.0104. The highest BCUT2D eigenvalue weighted by atomic mass is 19.4. The Hall–Kier alpha value is -1.82. The lowest BCUT2D eigenvalue weighted by Gasteiger charge is -2.08. The molecule has 0 aliphatic heterocycles. The van der Waals surface area contributed by atoms with Crippen LogP contribution < -0.4 is 0 Å². The van der Waals surface area contributed by atoms with Gasteiger partial charge in [-0.15, -0.1) is 0 Å². The van der Waals surface area contributed by atoms with Gasteiger partial charge in [0.15, 0.2) is 0 Å². The minimum atomic E-state index is -4.16. The van der Waals surface area contributed by atoms with E-state index in [0.29, 0.717) is 5.56 Å². The van der Waals surface area contributed by atoms with Gasteiger partial charge in [0.1, 0.15) is 0 Å². The van der Waals surface area contributed by atoms with Crippen molar-refractivity contribution in [3.8, 4) is 0 Å². The fourth-order valence-corrected chi connectivity index (χ4v) is 1.55. The first kappa shape index (κ1) is 16.2. The monoisotopic (exact) mass is 288 g/mol. The molecule has 0 spiro atoms. The number of rotatable bonds is 7. The van der Waals surface area contributed by atoms with Crippen LogP contribution in [0.3, 0.4) is 0 Å². The van der Waals surface area contributed by atoms with Crippen molar-refractivity contribution in [2.75, 3.05) is 6.61 Å². The van der Waals surface area contributed by atoms with Crippen LogP contribution >= 0.6 is 0 Å². The molecular weight excluding hydrogens is 273 g/mol. The van der Waals surface area contributed by atoms with Crippen molar-refractivity contribution in [3.05, 3.63) is 41.5 Å². The van der Waals surface area contributed by atoms with Gasteiger partial charge in [0, 0.05) is 19.1 Å². The fraction of sp³-hybridized carbons (Fsp3) is 0.357. The predicted molar refractivity (Wildman–Crippen MR) is 68.1 cm³/mol. The van der Waals surface area contributed by atoms with Gasteiger partial charge >= 0.3 is 12.1 Å². The minimum Gasteiger partial charge on any atom is -0.478 e. The second-order valence-corrected chi connectivity index (χ2v) is 4.14. The molecule has 0 aromatic heterocycles. The molecule has 20 heavy (non-hydrogen) atoms. The first-order valence-electron chi connectivity index (χ1n) is 6.02. The molecule has 0 aliphatic rings. The van der Waals surface area contributed by atoms with Gasteiger partial charge in [0.25, 0.3) is 0 Å². The molecule has 0 bridgehead atoms. The quantitative estimate of drug-likeness (QED) is 0.615. The Kier molecular flexibility index (Phi) is 6.24. The normalized spacial score (nSPS) is 11.9. The van der Waals surface area contributed by atoms with Crippen LogP contribution in [-0.2, 0) is 16.1 Å². The molecule has 0 unspecified atom stereocenters. The zero-order valence-corrected chi connectivity index (χ0v) is 10.7. The standard InChI is InChI=1S/C14H15F3O3/c15-14(16,17)8-3-9-20-10-12-5-2-1-4-11(12)6-7-13(18)19/h1-2,4-7H,3,8-10H2,(H,18,19)/b7-6+. The number of ether oxygens (including phenoxy) is 1. The van der Waals surface area contributed by atoms with Crippen LogP contribution in [0.2, 0.25) is 0 Å². The highest BCUT2D eigenvalue weighted by Crippen LogP contribution is 2.21. The molecule has 3 nitrogen and oxygen atoms in total. The number of halogens is 3. The van der Waals surface area contributed by atoms with Crippen LogP contribution in [0.25, 0.3) is 6.08 Å². The van der Waals surface area contributed by atoms with E-state index < -0.39 is 18.6 Å². The van der Waals surface area contributed by atoms with Gasteiger partial charge in [-0.3, -0.25) is 0 Å². The zero-order chi connectivity index (χ0) is 15.0. The van der Waals surface area contributed by atoms with Crippen molar-refractivity contribution < 1.29 is 27.8 Å². The van der Waals surface area contributed by atoms with Crippen molar-refractivity contribution >= 4 is 12.0 Å². The Morgan fingerprint density at radius 3 is 2.65 bits per heavy atom. The number of benzene rings is 1. The molecule has 0 fully saturated rings. The van der Waals surface area contributed by atoms with E-state index in [0.717, 1.165) is 11.6 Å². The summed E-state index contributed by atoms with van der Waals surface area (Å²) < 4.78 is 41.0. The lowest BCUT2D eigenvalue weighted by Crippen LogP contribution is -2.08. The summed E-state index contributed by atoms with van der Waals surface area (Å²) in [6, 6.07) is 6.96. The molecular formula is C14H15F3O3. The summed E-state index contributed by atoms with van der Waals surface area (Å²) in [7, 11) is 0. The van der Waals surface area contributed by atoms with E-state index in [2.05, 4.69) is 0 Å². The molecule has 1 aromatic carbocycles. The van der Waals surface area contributed by atoms with E-state index >= 15 is 0 Å². The molecule has 1 N–H and O–H groups in total. The Morgan fingerprint density at radius 2 is 2.00 bits per heavy atom. The highest BCUT2D eigenvalue weighted by Gasteiger charge is 2.25. The average Bonchev–Trinajstić information content (AvgIpc) is 2.35. The van der Waals surface area contributed by atoms with Gasteiger partial charge in [0.05, 0.1) is 6.61 Å². The van der Waals surface area contributed by atoms with E-state index in [9.17, 15) is 18.0 Å². The van der Waals surface area contributed by atoms with Crippen molar-refractivity contribution in [1.29, 1.82) is 0 Å². The second kappa shape index (κ2) is 7.69. The number of carboxylic acid groups (broad SMARTS) is 1. The fourth-order valence-electron chi connectivity index (χ4n) is 1.55. The Labute approximate surface area is 114 Å². The highest BCUT2D eigenvalue weighted by molar-refractivity contribution is 5.85. The van der Waals surface area contributed by atoms with Crippen LogP contribution in [0.1, 0.15) is 24.0 Å². The lowest BCUT2D eigenvalue weighted by molar-refractivity contribution is -0.138. The van der Waals surface area contributed by atoms with Gasteiger partial charge in [-0.05, 0) is 23.6 Å². The van der Waals surface area contributed by atoms with Gasteiger partial charge in [-0.1, -0.05) is 24.3 Å². The summed E-state index contributed by atoms with van der Waals surface area (Å²) in [5, 5.41) is 8.56. The number of aliphatic carboxylic acids is 1. The number of alkyl halides is 3. The van der Waals surface area contributed by atoms with Crippen molar-refractivity contribution in [1.82, 2.24) is 0 Å². The van der Waals surface area contributed by atoms with E-state index in [4.69, 9.17) is 9.84 Å². The Morgan fingerprint density at radius 1 is 1.30 bits per heavy atom. The Balaban J connectivity index is 2.46. The molecule has 1 aromatic rings. The van der Waals surface area contributed by atoms with Crippen LogP contribution in [0.15, 0.2) is 30.3 Å². The van der Waals surface area contributed by atoms with Gasteiger partial charge < -0.3 is 9.84 Å². The van der Waals surface area contributed by atoms with Crippen molar-refractivity contribution in [2.24, 2.45) is 0 Å². The van der Waals surface area contributed by atoms with Crippen LogP contribution in [0.5, 0.6) is 0 Å². The van der Waals surface area contributed by atoms with Gasteiger partial charge in [0.2, 0.25) is 0 Å². The van der Waals surface area contributed by atoms with E-state index in [1.807, 2.05) is 0 Å². The summed E-state index contributed by atoms with van der Waals surface area (Å²) in [6.07, 6.45) is -2.69. The number of carbonyl (C=O) groups is 1. The molecule has 0 aliphatic carbocycles. The third-order valence-electron chi connectivity index (χ3n) is 2.47. The Bertz CT molecular complexity index is 467. The number of hydrogen-bond acceptors (Lipinski definition) is 2. The molecule has 6 heteroatoms. The summed E-state index contributed by atoms with van der Waals surface area (Å²) in [5.74, 6) is -1.06. The molecule has 110 valence electrons. The van der Waals surface area contributed by atoms with E-state index in [1.165, 1.54) is 6.08 Å². The van der Waals surface area contributed by atoms with Crippen molar-refractivity contribution in [2.45, 2.75) is 25.6 Å². The maximum atomic E-state index is 11.9. The largest absolute Gasteiger partial charge is 0.478 e. The smallest absolute Gasteiger partial charge is 0.389 e. The molecule has 0 saturated heterocycles. The third-order valence-corrected chi connectivity index (χ3v) is 2.47. The van der Waals surface area contributed by atoms with E-state index in [1.54, 1.807) is 24.3 Å². The molecule has 1 rings (SSSR count). The molecule has 0 atom stereocenters. The predicted octanol–water partition coefficient (Wildman–Crippen LogP) is 3.64. The number of hydrogen-bond donors (Lipinski definition) is 1. The lowest BCUT2D eigenvalue weighted by atomic mass is 10.1. The summed E-state index contributed by atoms with van der Waals surface area (Å²) in [4.78, 5) is 10.5. The average molecular weight is 288 g/mol. The third kappa shape index (κ3) is 6.94. The van der Waals surface area contributed by atoms with Crippen molar-refractivity contribution in [3.63, 3.8) is 0 Å². The first-order chi connectivity index (χ1) is 9.38. The maximum Gasteiger partial charge on any atom is 0.389 e. The SMILES string of the molecule is O=C(O)/C=C/c1ccccc1COCCCC(F)(F)F. The first-order valence-corrected chi connectivity index (χ1v) is 6.02. The van der Waals surface area contributed by atoms with Gasteiger partial charge in [-0.2, -0.15) is 13.2 Å². The molecule has 0 saturated carbocycles. The number of carboxylic acids is 1. The van der Waals surface area contributed by atoms with Crippen LogP contribution in [0, 0.1) is 0 Å². The van der Waals surface area contributed by atoms with Crippen LogP contribution in [-0.4, -0.2) is 23.9 Å². The summed E-state index contributed by atoms with van der Waals surface area (Å²) >= 11 is 0. The summed E-state index contributed by atoms with van der Waals surface area (Å²) in [5.41, 5.74) is 1.41. The van der Waals surface area contributed by atoms with Crippen LogP contribution in [0.4, 0.5) is 13.2 Å². The van der Waals surface area contributed by atoms with E-state index in [-0.39, 0.29) is 19.6 Å².